The molecule has 0 aromatic carbocycles. The SMILES string of the molecule is CCc1occc1C(=O)N(C)c1snc(C)c1C(=O)O. The van der Waals surface area contributed by atoms with Crippen LogP contribution in [-0.4, -0.2) is 28.4 Å². The molecule has 0 unspecified atom stereocenters. The summed E-state index contributed by atoms with van der Waals surface area (Å²) >= 11 is 0.995. The summed E-state index contributed by atoms with van der Waals surface area (Å²) in [4.78, 5) is 25.0. The predicted molar refractivity (Wildman–Crippen MR) is 74.6 cm³/mol. The van der Waals surface area contributed by atoms with E-state index in [4.69, 9.17) is 4.42 Å². The molecule has 1 N–H and O–H groups in total. The average Bonchev–Trinajstić information content (AvgIpc) is 3.02. The Bertz CT molecular complexity index is 659. The van der Waals surface area contributed by atoms with Gasteiger partial charge in [0.2, 0.25) is 0 Å². The molecule has 0 saturated heterocycles. The Morgan fingerprint density at radius 1 is 1.50 bits per heavy atom. The molecule has 0 radical (unpaired) electrons. The molecule has 1 amide bonds. The lowest BCUT2D eigenvalue weighted by Gasteiger charge is -2.15. The smallest absolute Gasteiger partial charge is 0.340 e. The van der Waals surface area contributed by atoms with E-state index in [1.807, 2.05) is 6.92 Å². The number of anilines is 1. The number of carbonyl (C=O) groups is 2. The monoisotopic (exact) mass is 294 g/mol. The van der Waals surface area contributed by atoms with Crippen LogP contribution >= 0.6 is 11.5 Å². The molecule has 106 valence electrons. The van der Waals surface area contributed by atoms with Crippen LogP contribution in [0.4, 0.5) is 5.00 Å². The van der Waals surface area contributed by atoms with Crippen LogP contribution in [-0.2, 0) is 6.42 Å². The van der Waals surface area contributed by atoms with Gasteiger partial charge < -0.3 is 14.4 Å². The average molecular weight is 294 g/mol. The zero-order valence-corrected chi connectivity index (χ0v) is 12.2. The molecule has 0 spiro atoms. The first kappa shape index (κ1) is 14.3. The number of nitrogens with zero attached hydrogens (tertiary/aromatic N) is 2. The number of carbonyl (C=O) groups excluding carboxylic acids is 1. The van der Waals surface area contributed by atoms with Gasteiger partial charge in [0.1, 0.15) is 16.3 Å². The van der Waals surface area contributed by atoms with E-state index in [1.54, 1.807) is 13.0 Å². The Hall–Kier alpha value is -2.15. The number of amides is 1. The van der Waals surface area contributed by atoms with E-state index in [2.05, 4.69) is 4.37 Å². The summed E-state index contributed by atoms with van der Waals surface area (Å²) in [5.41, 5.74) is 0.907. The van der Waals surface area contributed by atoms with Gasteiger partial charge in [-0.2, -0.15) is 4.37 Å². The van der Waals surface area contributed by atoms with E-state index in [0.717, 1.165) is 11.5 Å². The van der Waals surface area contributed by atoms with Gasteiger partial charge in [-0.1, -0.05) is 6.92 Å². The van der Waals surface area contributed by atoms with Crippen LogP contribution in [0.1, 0.15) is 39.1 Å². The van der Waals surface area contributed by atoms with Gasteiger partial charge >= 0.3 is 5.97 Å². The first-order valence-electron chi connectivity index (χ1n) is 6.01. The van der Waals surface area contributed by atoms with Crippen LogP contribution in [0.5, 0.6) is 0 Å². The highest BCUT2D eigenvalue weighted by Gasteiger charge is 2.26. The second-order valence-corrected chi connectivity index (χ2v) is 4.98. The summed E-state index contributed by atoms with van der Waals surface area (Å²) in [5.74, 6) is -0.810. The van der Waals surface area contributed by atoms with Crippen molar-refractivity contribution in [3.8, 4) is 0 Å². The van der Waals surface area contributed by atoms with Gasteiger partial charge in [0.25, 0.3) is 5.91 Å². The van der Waals surface area contributed by atoms with Crippen LogP contribution in [0.3, 0.4) is 0 Å². The van der Waals surface area contributed by atoms with Gasteiger partial charge in [-0.3, -0.25) is 4.79 Å². The molecule has 0 bridgehead atoms. The molecule has 0 saturated carbocycles. The van der Waals surface area contributed by atoms with Crippen molar-refractivity contribution in [3.63, 3.8) is 0 Å². The van der Waals surface area contributed by atoms with Crippen molar-refractivity contribution < 1.29 is 19.1 Å². The van der Waals surface area contributed by atoms with E-state index in [9.17, 15) is 14.7 Å². The predicted octanol–water partition coefficient (Wildman–Crippen LogP) is 2.58. The van der Waals surface area contributed by atoms with Gasteiger partial charge in [0.05, 0.1) is 17.5 Å². The standard InChI is InChI=1S/C13H14N2O4S/c1-4-9-8(5-6-19-9)11(16)15(3)12-10(13(17)18)7(2)14-20-12/h5-6H,4H2,1-3H3,(H,17,18). The summed E-state index contributed by atoms with van der Waals surface area (Å²) in [6.07, 6.45) is 2.05. The number of hydrogen-bond acceptors (Lipinski definition) is 5. The Balaban J connectivity index is 2.39. The minimum absolute atomic E-state index is 0.0624. The maximum absolute atomic E-state index is 12.4. The molecule has 2 aromatic rings. The minimum atomic E-state index is -1.09. The Morgan fingerprint density at radius 2 is 2.20 bits per heavy atom. The number of rotatable bonds is 4. The lowest BCUT2D eigenvalue weighted by atomic mass is 10.2. The van der Waals surface area contributed by atoms with Gasteiger partial charge in [0, 0.05) is 13.5 Å². The van der Waals surface area contributed by atoms with E-state index >= 15 is 0 Å². The summed E-state index contributed by atoms with van der Waals surface area (Å²) in [6.45, 7) is 3.49. The van der Waals surface area contributed by atoms with Crippen LogP contribution in [0.25, 0.3) is 0 Å². The highest BCUT2D eigenvalue weighted by Crippen LogP contribution is 2.29. The number of carboxylic acids is 1. The molecule has 0 fully saturated rings. The van der Waals surface area contributed by atoms with Crippen LogP contribution < -0.4 is 4.90 Å². The van der Waals surface area contributed by atoms with E-state index in [-0.39, 0.29) is 11.5 Å². The quantitative estimate of drug-likeness (QED) is 0.937. The summed E-state index contributed by atoms with van der Waals surface area (Å²) < 4.78 is 9.24. The minimum Gasteiger partial charge on any atom is -0.478 e. The number of furan rings is 1. The fourth-order valence-electron chi connectivity index (χ4n) is 1.91. The van der Waals surface area contributed by atoms with Crippen LogP contribution in [0, 0.1) is 6.92 Å². The van der Waals surface area contributed by atoms with Crippen molar-refractivity contribution in [2.75, 3.05) is 11.9 Å². The molecule has 7 heteroatoms. The number of aromatic carboxylic acids is 1. The zero-order chi connectivity index (χ0) is 14.9. The van der Waals surface area contributed by atoms with Crippen molar-refractivity contribution >= 4 is 28.4 Å². The van der Waals surface area contributed by atoms with Gasteiger partial charge in [0.15, 0.2) is 0 Å². The van der Waals surface area contributed by atoms with Crippen LogP contribution in [0.15, 0.2) is 16.7 Å². The number of hydrogen-bond donors (Lipinski definition) is 1. The molecule has 0 aliphatic rings. The number of carboxylic acid groups (broad SMARTS) is 1. The number of aromatic nitrogens is 1. The van der Waals surface area contributed by atoms with E-state index in [0.29, 0.717) is 28.4 Å². The molecular formula is C13H14N2O4S. The molecule has 20 heavy (non-hydrogen) atoms. The normalized spacial score (nSPS) is 10.6. The van der Waals surface area contributed by atoms with Gasteiger partial charge in [-0.15, -0.1) is 0 Å². The van der Waals surface area contributed by atoms with Crippen molar-refractivity contribution in [2.24, 2.45) is 0 Å². The highest BCUT2D eigenvalue weighted by atomic mass is 32.1. The van der Waals surface area contributed by atoms with Crippen LogP contribution in [0.2, 0.25) is 0 Å². The number of aryl methyl sites for hydroxylation is 2. The van der Waals surface area contributed by atoms with Crippen molar-refractivity contribution in [1.29, 1.82) is 0 Å². The molecule has 2 rings (SSSR count). The lowest BCUT2D eigenvalue weighted by molar-refractivity contribution is 0.0697. The fourth-order valence-corrected chi connectivity index (χ4v) is 2.76. The van der Waals surface area contributed by atoms with E-state index < -0.39 is 5.97 Å². The van der Waals surface area contributed by atoms with Crippen molar-refractivity contribution in [2.45, 2.75) is 20.3 Å². The maximum atomic E-state index is 12.4. The summed E-state index contributed by atoms with van der Waals surface area (Å²) in [7, 11) is 1.54. The Morgan fingerprint density at radius 3 is 2.80 bits per heavy atom. The van der Waals surface area contributed by atoms with Crippen molar-refractivity contribution in [1.82, 2.24) is 4.37 Å². The Kier molecular flexibility index (Phi) is 3.89. The largest absolute Gasteiger partial charge is 0.478 e. The van der Waals surface area contributed by atoms with E-state index in [1.165, 1.54) is 18.2 Å². The van der Waals surface area contributed by atoms with Crippen molar-refractivity contribution in [3.05, 3.63) is 34.9 Å². The maximum Gasteiger partial charge on any atom is 0.340 e. The van der Waals surface area contributed by atoms with Gasteiger partial charge in [-0.25, -0.2) is 4.79 Å². The zero-order valence-electron chi connectivity index (χ0n) is 11.3. The first-order valence-corrected chi connectivity index (χ1v) is 6.78. The second-order valence-electron chi connectivity index (χ2n) is 4.23. The molecule has 2 heterocycles. The third kappa shape index (κ3) is 2.32. The molecular weight excluding hydrogens is 280 g/mol. The summed E-state index contributed by atoms with van der Waals surface area (Å²) in [6, 6.07) is 1.59. The molecule has 2 aromatic heterocycles. The fraction of sp³-hybridized carbons (Fsp3) is 0.308. The molecule has 0 aliphatic heterocycles. The lowest BCUT2D eigenvalue weighted by Crippen LogP contribution is -2.27. The molecule has 6 nitrogen and oxygen atoms in total. The third-order valence-electron chi connectivity index (χ3n) is 2.96. The first-order chi connectivity index (χ1) is 9.47. The third-order valence-corrected chi connectivity index (χ3v) is 3.98. The topological polar surface area (TPSA) is 83.6 Å². The highest BCUT2D eigenvalue weighted by molar-refractivity contribution is 7.11. The summed E-state index contributed by atoms with van der Waals surface area (Å²) in [5, 5.41) is 9.53. The van der Waals surface area contributed by atoms with Gasteiger partial charge in [-0.05, 0) is 24.5 Å². The molecule has 0 atom stereocenters. The molecule has 0 aliphatic carbocycles. The second kappa shape index (κ2) is 5.46. The Labute approximate surface area is 119 Å².